The number of rotatable bonds is 3. The molecular formula is C18H14N4O2. The molecule has 3 aromatic rings. The predicted octanol–water partition coefficient (Wildman–Crippen LogP) is 1.84. The summed E-state index contributed by atoms with van der Waals surface area (Å²) in [6, 6.07) is 14.2. The van der Waals surface area contributed by atoms with E-state index in [0.29, 0.717) is 17.8 Å². The highest BCUT2D eigenvalue weighted by molar-refractivity contribution is 5.93. The molecule has 0 aliphatic heterocycles. The first kappa shape index (κ1) is 15.4. The van der Waals surface area contributed by atoms with Gasteiger partial charge in [0.1, 0.15) is 11.2 Å². The summed E-state index contributed by atoms with van der Waals surface area (Å²) < 4.78 is 1.35. The van der Waals surface area contributed by atoms with Crippen LogP contribution in [0.2, 0.25) is 0 Å². The van der Waals surface area contributed by atoms with Crippen LogP contribution in [0, 0.1) is 11.3 Å². The molecule has 24 heavy (non-hydrogen) atoms. The highest BCUT2D eigenvalue weighted by atomic mass is 16.2. The van der Waals surface area contributed by atoms with Gasteiger partial charge in [0.15, 0.2) is 0 Å². The average molecular weight is 318 g/mol. The van der Waals surface area contributed by atoms with Gasteiger partial charge in [-0.1, -0.05) is 18.2 Å². The van der Waals surface area contributed by atoms with Gasteiger partial charge in [-0.25, -0.2) is 4.98 Å². The number of fused-ring (bicyclic) bond motifs is 1. The van der Waals surface area contributed by atoms with Gasteiger partial charge in [0, 0.05) is 26.0 Å². The van der Waals surface area contributed by atoms with Crippen molar-refractivity contribution in [1.29, 1.82) is 5.26 Å². The molecule has 118 valence electrons. The molecule has 2 heterocycles. The molecule has 0 aliphatic carbocycles. The standard InChI is InChI=1S/C18H14N4O2/c1-21(12-14-7-5-13(10-19)6-8-14)17(23)15-11-20-16-4-2-3-9-22(16)18(15)24/h2-9,11H,12H2,1H3. The molecule has 0 saturated carbocycles. The van der Waals surface area contributed by atoms with Gasteiger partial charge in [-0.15, -0.1) is 0 Å². The second kappa shape index (κ2) is 6.34. The van der Waals surface area contributed by atoms with E-state index in [2.05, 4.69) is 4.98 Å². The Hall–Kier alpha value is -3.46. The molecule has 0 bridgehead atoms. The largest absolute Gasteiger partial charge is 0.337 e. The minimum absolute atomic E-state index is 0.0230. The molecular weight excluding hydrogens is 304 g/mol. The molecule has 1 aromatic carbocycles. The molecule has 0 radical (unpaired) electrons. The van der Waals surface area contributed by atoms with Crippen LogP contribution in [0.1, 0.15) is 21.5 Å². The topological polar surface area (TPSA) is 78.5 Å². The van der Waals surface area contributed by atoms with Crippen molar-refractivity contribution >= 4 is 11.6 Å². The van der Waals surface area contributed by atoms with Crippen LogP contribution in [0.3, 0.4) is 0 Å². The summed E-state index contributed by atoms with van der Waals surface area (Å²) in [6.45, 7) is 0.335. The van der Waals surface area contributed by atoms with E-state index < -0.39 is 11.5 Å². The van der Waals surface area contributed by atoms with Crippen molar-refractivity contribution in [3.63, 3.8) is 0 Å². The number of hydrogen-bond acceptors (Lipinski definition) is 4. The fourth-order valence-corrected chi connectivity index (χ4v) is 2.41. The molecule has 1 amide bonds. The first-order valence-corrected chi connectivity index (χ1v) is 7.31. The zero-order valence-corrected chi connectivity index (χ0v) is 13.0. The Bertz CT molecular complexity index is 1000. The van der Waals surface area contributed by atoms with E-state index in [-0.39, 0.29) is 5.56 Å². The third-order valence-electron chi connectivity index (χ3n) is 3.69. The van der Waals surface area contributed by atoms with Gasteiger partial charge in [0.25, 0.3) is 11.5 Å². The van der Waals surface area contributed by atoms with Gasteiger partial charge in [0.05, 0.1) is 11.6 Å². The quantitative estimate of drug-likeness (QED) is 0.738. The molecule has 0 N–H and O–H groups in total. The lowest BCUT2D eigenvalue weighted by molar-refractivity contribution is 0.0782. The third-order valence-corrected chi connectivity index (χ3v) is 3.69. The maximum Gasteiger partial charge on any atom is 0.270 e. The number of hydrogen-bond donors (Lipinski definition) is 0. The van der Waals surface area contributed by atoms with Crippen LogP contribution in [0.15, 0.2) is 59.7 Å². The Labute approximate surface area is 138 Å². The highest BCUT2D eigenvalue weighted by Gasteiger charge is 2.17. The summed E-state index contributed by atoms with van der Waals surface area (Å²) in [7, 11) is 1.62. The molecule has 0 atom stereocenters. The number of amides is 1. The molecule has 0 fully saturated rings. The van der Waals surface area contributed by atoms with Gasteiger partial charge in [0.2, 0.25) is 0 Å². The van der Waals surface area contributed by atoms with Crippen LogP contribution < -0.4 is 5.56 Å². The first-order chi connectivity index (χ1) is 11.6. The Morgan fingerprint density at radius 3 is 2.71 bits per heavy atom. The lowest BCUT2D eigenvalue weighted by atomic mass is 10.1. The van der Waals surface area contributed by atoms with Gasteiger partial charge in [-0.2, -0.15) is 5.26 Å². The minimum Gasteiger partial charge on any atom is -0.337 e. The third kappa shape index (κ3) is 2.88. The Morgan fingerprint density at radius 2 is 2.00 bits per heavy atom. The summed E-state index contributed by atoms with van der Waals surface area (Å²) in [4.78, 5) is 30.6. The van der Waals surface area contributed by atoms with E-state index in [4.69, 9.17) is 5.26 Å². The van der Waals surface area contributed by atoms with Gasteiger partial charge in [-0.05, 0) is 29.8 Å². The van der Waals surface area contributed by atoms with Crippen LogP contribution in [0.25, 0.3) is 5.65 Å². The number of pyridine rings is 1. The monoisotopic (exact) mass is 318 g/mol. The van der Waals surface area contributed by atoms with E-state index >= 15 is 0 Å². The fraction of sp³-hybridized carbons (Fsp3) is 0.111. The molecule has 0 aliphatic rings. The Balaban J connectivity index is 1.86. The van der Waals surface area contributed by atoms with E-state index in [1.807, 2.05) is 6.07 Å². The number of carbonyl (C=O) groups excluding carboxylic acids is 1. The van der Waals surface area contributed by atoms with E-state index in [9.17, 15) is 9.59 Å². The maximum atomic E-state index is 12.6. The van der Waals surface area contributed by atoms with Crippen molar-refractivity contribution in [2.24, 2.45) is 0 Å². The maximum absolute atomic E-state index is 12.6. The lowest BCUT2D eigenvalue weighted by Gasteiger charge is -2.17. The summed E-state index contributed by atoms with van der Waals surface area (Å²) in [5.74, 6) is -0.393. The van der Waals surface area contributed by atoms with Crippen LogP contribution >= 0.6 is 0 Å². The second-order valence-corrected chi connectivity index (χ2v) is 5.38. The number of carbonyl (C=O) groups is 1. The first-order valence-electron chi connectivity index (χ1n) is 7.31. The van der Waals surface area contributed by atoms with Crippen molar-refractivity contribution < 1.29 is 4.79 Å². The van der Waals surface area contributed by atoms with E-state index in [0.717, 1.165) is 5.56 Å². The fourth-order valence-electron chi connectivity index (χ4n) is 2.41. The SMILES string of the molecule is CN(Cc1ccc(C#N)cc1)C(=O)c1cnc2ccccn2c1=O. The van der Waals surface area contributed by atoms with Gasteiger partial charge < -0.3 is 4.90 Å². The van der Waals surface area contributed by atoms with Gasteiger partial charge >= 0.3 is 0 Å². The Kier molecular flexibility index (Phi) is 4.08. The molecule has 2 aromatic heterocycles. The zero-order chi connectivity index (χ0) is 17.1. The molecule has 0 unspecified atom stereocenters. The molecule has 0 saturated heterocycles. The summed E-state index contributed by atoms with van der Waals surface area (Å²) in [6.07, 6.45) is 2.90. The van der Waals surface area contributed by atoms with Crippen LogP contribution in [0.4, 0.5) is 0 Å². The average Bonchev–Trinajstić information content (AvgIpc) is 2.62. The van der Waals surface area contributed by atoms with Crippen LogP contribution in [-0.4, -0.2) is 27.2 Å². The number of benzene rings is 1. The van der Waals surface area contributed by atoms with E-state index in [1.54, 1.807) is 55.7 Å². The predicted molar refractivity (Wildman–Crippen MR) is 88.4 cm³/mol. The summed E-state index contributed by atoms with van der Waals surface area (Å²) >= 11 is 0. The van der Waals surface area contributed by atoms with Crippen LogP contribution in [0.5, 0.6) is 0 Å². The summed E-state index contributed by atoms with van der Waals surface area (Å²) in [5, 5.41) is 8.81. The minimum atomic E-state index is -0.393. The molecule has 6 heteroatoms. The second-order valence-electron chi connectivity index (χ2n) is 5.38. The Morgan fingerprint density at radius 1 is 1.25 bits per heavy atom. The van der Waals surface area contributed by atoms with Crippen molar-refractivity contribution in [3.8, 4) is 6.07 Å². The number of nitrogens with zero attached hydrogens (tertiary/aromatic N) is 4. The van der Waals surface area contributed by atoms with Crippen LogP contribution in [-0.2, 0) is 6.54 Å². The van der Waals surface area contributed by atoms with Gasteiger partial charge in [-0.3, -0.25) is 14.0 Å². The van der Waals surface area contributed by atoms with E-state index in [1.165, 1.54) is 15.5 Å². The van der Waals surface area contributed by atoms with Crippen molar-refractivity contribution in [3.05, 3.63) is 81.9 Å². The summed E-state index contributed by atoms with van der Waals surface area (Å²) in [5.41, 5.74) is 1.56. The number of nitriles is 1. The molecule has 3 rings (SSSR count). The molecule has 0 spiro atoms. The van der Waals surface area contributed by atoms with Crippen molar-refractivity contribution in [2.45, 2.75) is 6.54 Å². The number of aromatic nitrogens is 2. The normalized spacial score (nSPS) is 10.3. The molecule has 6 nitrogen and oxygen atoms in total. The van der Waals surface area contributed by atoms with Crippen molar-refractivity contribution in [2.75, 3.05) is 7.05 Å². The lowest BCUT2D eigenvalue weighted by Crippen LogP contribution is -2.32. The zero-order valence-electron chi connectivity index (χ0n) is 13.0. The smallest absolute Gasteiger partial charge is 0.270 e. The van der Waals surface area contributed by atoms with Crippen molar-refractivity contribution in [1.82, 2.24) is 14.3 Å². The highest BCUT2D eigenvalue weighted by Crippen LogP contribution is 2.08.